The lowest BCUT2D eigenvalue weighted by atomic mass is 10.2. The lowest BCUT2D eigenvalue weighted by molar-refractivity contribution is -0.410. The summed E-state index contributed by atoms with van der Waals surface area (Å²) in [6.07, 6.45) is -0.685. The lowest BCUT2D eigenvalue weighted by Gasteiger charge is -2.20. The van der Waals surface area contributed by atoms with Crippen LogP contribution in [0.5, 0.6) is 0 Å². The Hall–Kier alpha value is -0.650. The van der Waals surface area contributed by atoms with Crippen molar-refractivity contribution in [2.45, 2.75) is 39.6 Å². The lowest BCUT2D eigenvalue weighted by Crippen LogP contribution is -2.25. The number of hydrogen-bond acceptors (Lipinski definition) is 4. The van der Waals surface area contributed by atoms with Crippen LogP contribution in [0.4, 0.5) is 0 Å². The van der Waals surface area contributed by atoms with Gasteiger partial charge in [-0.3, -0.25) is 0 Å². The summed E-state index contributed by atoms with van der Waals surface area (Å²) < 4.78 is 4.75. The first-order chi connectivity index (χ1) is 5.81. The zero-order valence-electron chi connectivity index (χ0n) is 8.36. The Morgan fingerprint density at radius 2 is 2.00 bits per heavy atom. The maximum absolute atomic E-state index is 10.1. The Bertz CT molecular complexity index is 160. The predicted molar refractivity (Wildman–Crippen MR) is 45.0 cm³/mol. The van der Waals surface area contributed by atoms with Gasteiger partial charge in [0, 0.05) is 0 Å². The second kappa shape index (κ2) is 5.16. The number of carboxylic acids is 1. The number of hydrogen-bond donors (Lipinski definition) is 1. The van der Waals surface area contributed by atoms with Crippen LogP contribution in [-0.4, -0.2) is 29.6 Å². The van der Waals surface area contributed by atoms with Crippen molar-refractivity contribution in [1.29, 1.82) is 0 Å². The van der Waals surface area contributed by atoms with Gasteiger partial charge in [0.15, 0.2) is 6.29 Å². The van der Waals surface area contributed by atoms with E-state index in [9.17, 15) is 4.79 Å². The Labute approximate surface area is 77.5 Å². The highest BCUT2D eigenvalue weighted by atomic mass is 17.2. The molecule has 0 saturated carbocycles. The fourth-order valence-corrected chi connectivity index (χ4v) is 0.429. The molecule has 1 N–H and O–H groups in total. The van der Waals surface area contributed by atoms with Crippen LogP contribution in [0.3, 0.4) is 0 Å². The Kier molecular flexibility index (Phi) is 4.90. The van der Waals surface area contributed by atoms with Crippen LogP contribution in [0.1, 0.15) is 27.7 Å². The highest BCUT2D eigenvalue weighted by Gasteiger charge is 2.14. The molecule has 0 aromatic heterocycles. The van der Waals surface area contributed by atoms with E-state index in [-0.39, 0.29) is 0 Å². The Balaban J connectivity index is 3.52. The van der Waals surface area contributed by atoms with Gasteiger partial charge in [0.05, 0.1) is 5.60 Å². The minimum absolute atomic E-state index is 0.394. The third kappa shape index (κ3) is 9.26. The van der Waals surface area contributed by atoms with Crippen molar-refractivity contribution in [2.24, 2.45) is 0 Å². The predicted octanol–water partition coefficient (Wildman–Crippen LogP) is 1.18. The van der Waals surface area contributed by atoms with Gasteiger partial charge in [0.1, 0.15) is 6.61 Å². The zero-order valence-corrected chi connectivity index (χ0v) is 8.36. The molecule has 5 heteroatoms. The van der Waals surface area contributed by atoms with E-state index in [1.807, 2.05) is 20.8 Å². The third-order valence-corrected chi connectivity index (χ3v) is 0.875. The summed E-state index contributed by atoms with van der Waals surface area (Å²) >= 11 is 0. The number of carboxylic acid groups (broad SMARTS) is 1. The highest BCUT2D eigenvalue weighted by Crippen LogP contribution is 2.09. The molecule has 0 aromatic carbocycles. The summed E-state index contributed by atoms with van der Waals surface area (Å²) in [5.41, 5.74) is -0.430. The molecule has 1 atom stereocenters. The standard InChI is InChI=1S/C8H16O5/c1-6(11-5-7(9)10)12-13-8(2,3)4/h6H,5H2,1-4H3,(H,9,10). The number of carbonyl (C=O) groups is 1. The van der Waals surface area contributed by atoms with Gasteiger partial charge in [-0.1, -0.05) is 0 Å². The van der Waals surface area contributed by atoms with Gasteiger partial charge in [-0.25, -0.2) is 14.6 Å². The molecule has 0 aliphatic rings. The minimum Gasteiger partial charge on any atom is -0.480 e. The topological polar surface area (TPSA) is 65.0 Å². The molecule has 0 amide bonds. The van der Waals surface area contributed by atoms with Crippen molar-refractivity contribution in [3.8, 4) is 0 Å². The van der Waals surface area contributed by atoms with Gasteiger partial charge in [0.2, 0.25) is 0 Å². The summed E-state index contributed by atoms with van der Waals surface area (Å²) in [5, 5.41) is 8.27. The van der Waals surface area contributed by atoms with Gasteiger partial charge in [0.25, 0.3) is 0 Å². The average Bonchev–Trinajstić information content (AvgIpc) is 1.95. The smallest absolute Gasteiger partial charge is 0.329 e. The number of aliphatic carboxylic acids is 1. The van der Waals surface area contributed by atoms with Crippen LogP contribution in [0, 0.1) is 0 Å². The summed E-state index contributed by atoms with van der Waals surface area (Å²) in [5.74, 6) is -1.04. The van der Waals surface area contributed by atoms with E-state index in [0.29, 0.717) is 0 Å². The minimum atomic E-state index is -1.04. The SMILES string of the molecule is CC(OCC(=O)O)OOC(C)(C)C. The third-order valence-electron chi connectivity index (χ3n) is 0.875. The van der Waals surface area contributed by atoms with Crippen LogP contribution in [0.15, 0.2) is 0 Å². The van der Waals surface area contributed by atoms with E-state index < -0.39 is 24.5 Å². The molecule has 0 spiro atoms. The molecule has 78 valence electrons. The maximum Gasteiger partial charge on any atom is 0.329 e. The van der Waals surface area contributed by atoms with Crippen LogP contribution >= 0.6 is 0 Å². The second-order valence-electron chi connectivity index (χ2n) is 3.56. The largest absolute Gasteiger partial charge is 0.480 e. The first kappa shape index (κ1) is 12.3. The van der Waals surface area contributed by atoms with Gasteiger partial charge >= 0.3 is 5.97 Å². The summed E-state index contributed by atoms with van der Waals surface area (Å²) in [6.45, 7) is 6.62. The van der Waals surface area contributed by atoms with Crippen molar-refractivity contribution in [3.05, 3.63) is 0 Å². The molecule has 0 fully saturated rings. The average molecular weight is 192 g/mol. The van der Waals surface area contributed by atoms with Crippen molar-refractivity contribution >= 4 is 5.97 Å². The molecule has 0 saturated heterocycles. The van der Waals surface area contributed by atoms with Crippen molar-refractivity contribution in [1.82, 2.24) is 0 Å². The fraction of sp³-hybridized carbons (Fsp3) is 0.875. The van der Waals surface area contributed by atoms with Crippen molar-refractivity contribution in [3.63, 3.8) is 0 Å². The molecule has 0 aliphatic heterocycles. The molecule has 5 nitrogen and oxygen atoms in total. The van der Waals surface area contributed by atoms with Crippen LogP contribution in [-0.2, 0) is 19.3 Å². The maximum atomic E-state index is 10.1. The fourth-order valence-electron chi connectivity index (χ4n) is 0.429. The molecule has 0 radical (unpaired) electrons. The molecular weight excluding hydrogens is 176 g/mol. The molecule has 0 aliphatic carbocycles. The van der Waals surface area contributed by atoms with Gasteiger partial charge in [-0.2, -0.15) is 0 Å². The molecule has 0 aromatic rings. The Morgan fingerprint density at radius 3 is 2.38 bits per heavy atom. The van der Waals surface area contributed by atoms with Gasteiger partial charge in [-0.05, 0) is 27.7 Å². The monoisotopic (exact) mass is 192 g/mol. The normalized spacial score (nSPS) is 14.2. The molecule has 13 heavy (non-hydrogen) atoms. The summed E-state index contributed by atoms with van der Waals surface area (Å²) in [4.78, 5) is 19.8. The van der Waals surface area contributed by atoms with E-state index in [2.05, 4.69) is 0 Å². The van der Waals surface area contributed by atoms with E-state index >= 15 is 0 Å². The first-order valence-corrected chi connectivity index (χ1v) is 3.99. The van der Waals surface area contributed by atoms with E-state index in [4.69, 9.17) is 19.6 Å². The summed E-state index contributed by atoms with van der Waals surface area (Å²) in [7, 11) is 0. The number of ether oxygens (including phenoxy) is 1. The molecule has 1 unspecified atom stereocenters. The van der Waals surface area contributed by atoms with Gasteiger partial charge in [-0.15, -0.1) is 0 Å². The summed E-state index contributed by atoms with van der Waals surface area (Å²) in [6, 6.07) is 0. The van der Waals surface area contributed by atoms with Crippen LogP contribution in [0.2, 0.25) is 0 Å². The quantitative estimate of drug-likeness (QED) is 0.402. The zero-order chi connectivity index (χ0) is 10.5. The Morgan fingerprint density at radius 1 is 1.46 bits per heavy atom. The highest BCUT2D eigenvalue weighted by molar-refractivity contribution is 5.67. The van der Waals surface area contributed by atoms with E-state index in [1.54, 1.807) is 6.92 Å². The molecule has 0 bridgehead atoms. The van der Waals surface area contributed by atoms with Crippen molar-refractivity contribution in [2.75, 3.05) is 6.61 Å². The number of rotatable bonds is 5. The first-order valence-electron chi connectivity index (χ1n) is 3.99. The molecular formula is C8H16O5. The second-order valence-corrected chi connectivity index (χ2v) is 3.56. The molecule has 0 heterocycles. The van der Waals surface area contributed by atoms with Crippen LogP contribution in [0.25, 0.3) is 0 Å². The van der Waals surface area contributed by atoms with Crippen molar-refractivity contribution < 1.29 is 24.4 Å². The van der Waals surface area contributed by atoms with Gasteiger partial charge < -0.3 is 9.84 Å². The molecule has 0 rings (SSSR count). The van der Waals surface area contributed by atoms with Crippen LogP contribution < -0.4 is 0 Å². The van der Waals surface area contributed by atoms with E-state index in [0.717, 1.165) is 0 Å². The van der Waals surface area contributed by atoms with E-state index in [1.165, 1.54) is 0 Å².